The van der Waals surface area contributed by atoms with E-state index < -0.39 is 11.8 Å². The van der Waals surface area contributed by atoms with E-state index >= 15 is 0 Å². The Balaban J connectivity index is 2.08. The summed E-state index contributed by atoms with van der Waals surface area (Å²) in [6, 6.07) is 11.6. The fourth-order valence-corrected chi connectivity index (χ4v) is 2.32. The number of carbonyl (C=O) groups is 1. The molecule has 1 atom stereocenters. The maximum absolute atomic E-state index is 13.7. The standard InChI is InChI=1S/C16H15BrFNO2/c1-10(8-11-2-5-13(17)6-3-11)19-15-9-12(16(20)21)4-7-14(15)18/h2-7,9-10,19H,8H2,1H3,(H,20,21). The summed E-state index contributed by atoms with van der Waals surface area (Å²) < 4.78 is 14.7. The van der Waals surface area contributed by atoms with Gasteiger partial charge in [-0.25, -0.2) is 9.18 Å². The second-order valence-electron chi connectivity index (χ2n) is 4.88. The lowest BCUT2D eigenvalue weighted by Crippen LogP contribution is -2.19. The average molecular weight is 352 g/mol. The second kappa shape index (κ2) is 6.72. The molecule has 0 fully saturated rings. The van der Waals surface area contributed by atoms with Crippen molar-refractivity contribution in [3.8, 4) is 0 Å². The van der Waals surface area contributed by atoms with Crippen molar-refractivity contribution in [2.45, 2.75) is 19.4 Å². The number of benzene rings is 2. The van der Waals surface area contributed by atoms with Gasteiger partial charge in [0.2, 0.25) is 0 Å². The van der Waals surface area contributed by atoms with Gasteiger partial charge < -0.3 is 10.4 Å². The van der Waals surface area contributed by atoms with Crippen LogP contribution in [0.2, 0.25) is 0 Å². The van der Waals surface area contributed by atoms with Crippen molar-refractivity contribution in [1.29, 1.82) is 0 Å². The molecule has 0 amide bonds. The van der Waals surface area contributed by atoms with Crippen molar-refractivity contribution in [3.05, 3.63) is 63.9 Å². The lowest BCUT2D eigenvalue weighted by molar-refractivity contribution is 0.0697. The van der Waals surface area contributed by atoms with Crippen LogP contribution in [0.4, 0.5) is 10.1 Å². The minimum Gasteiger partial charge on any atom is -0.478 e. The molecule has 0 bridgehead atoms. The Morgan fingerprint density at radius 2 is 1.95 bits per heavy atom. The van der Waals surface area contributed by atoms with Crippen LogP contribution in [0.5, 0.6) is 0 Å². The number of hydrogen-bond donors (Lipinski definition) is 2. The van der Waals surface area contributed by atoms with Crippen molar-refractivity contribution in [2.75, 3.05) is 5.32 Å². The molecule has 0 aliphatic rings. The second-order valence-corrected chi connectivity index (χ2v) is 5.79. The van der Waals surface area contributed by atoms with Gasteiger partial charge in [-0.1, -0.05) is 28.1 Å². The summed E-state index contributed by atoms with van der Waals surface area (Å²) in [6.07, 6.45) is 0.712. The van der Waals surface area contributed by atoms with Gasteiger partial charge >= 0.3 is 5.97 Å². The molecule has 21 heavy (non-hydrogen) atoms. The molecule has 0 heterocycles. The Labute approximate surface area is 130 Å². The van der Waals surface area contributed by atoms with E-state index in [1.165, 1.54) is 12.1 Å². The third-order valence-electron chi connectivity index (χ3n) is 3.07. The monoisotopic (exact) mass is 351 g/mol. The molecule has 0 radical (unpaired) electrons. The zero-order valence-corrected chi connectivity index (χ0v) is 13.0. The first-order valence-corrected chi connectivity index (χ1v) is 7.29. The third kappa shape index (κ3) is 4.29. The Bertz CT molecular complexity index is 643. The SMILES string of the molecule is CC(Cc1ccc(Br)cc1)Nc1cc(C(=O)O)ccc1F. The normalized spacial score (nSPS) is 12.0. The first-order valence-electron chi connectivity index (χ1n) is 6.49. The molecule has 2 aromatic rings. The van der Waals surface area contributed by atoms with Crippen LogP contribution in [-0.2, 0) is 6.42 Å². The van der Waals surface area contributed by atoms with Crippen LogP contribution in [0.1, 0.15) is 22.8 Å². The van der Waals surface area contributed by atoms with Crippen molar-refractivity contribution in [1.82, 2.24) is 0 Å². The Morgan fingerprint density at radius 1 is 1.29 bits per heavy atom. The minimum absolute atomic E-state index is 0.0234. The molecule has 0 saturated carbocycles. The van der Waals surface area contributed by atoms with Crippen molar-refractivity contribution >= 4 is 27.6 Å². The highest BCUT2D eigenvalue weighted by molar-refractivity contribution is 9.10. The molecule has 0 aliphatic heterocycles. The Hall–Kier alpha value is -1.88. The lowest BCUT2D eigenvalue weighted by Gasteiger charge is -2.16. The van der Waals surface area contributed by atoms with Crippen LogP contribution < -0.4 is 5.32 Å². The van der Waals surface area contributed by atoms with E-state index in [1.54, 1.807) is 0 Å². The number of carboxylic acid groups (broad SMARTS) is 1. The predicted molar refractivity (Wildman–Crippen MR) is 84.3 cm³/mol. The van der Waals surface area contributed by atoms with Gasteiger partial charge in [0.25, 0.3) is 0 Å². The number of rotatable bonds is 5. The summed E-state index contributed by atoms with van der Waals surface area (Å²) in [5.41, 5.74) is 1.39. The van der Waals surface area contributed by atoms with Gasteiger partial charge in [-0.15, -0.1) is 0 Å². The molecule has 2 rings (SSSR count). The molecule has 0 saturated heterocycles. The fourth-order valence-electron chi connectivity index (χ4n) is 2.06. The van der Waals surface area contributed by atoms with Crippen LogP contribution in [0, 0.1) is 5.82 Å². The maximum atomic E-state index is 13.7. The molecular formula is C16H15BrFNO2. The third-order valence-corrected chi connectivity index (χ3v) is 3.60. The average Bonchev–Trinajstić information content (AvgIpc) is 2.43. The van der Waals surface area contributed by atoms with Crippen LogP contribution in [-0.4, -0.2) is 17.1 Å². The van der Waals surface area contributed by atoms with E-state index in [-0.39, 0.29) is 17.3 Å². The van der Waals surface area contributed by atoms with Gasteiger partial charge in [0.15, 0.2) is 0 Å². The number of nitrogens with one attached hydrogen (secondary N) is 1. The molecule has 2 aromatic carbocycles. The molecule has 110 valence electrons. The first-order chi connectivity index (χ1) is 9.95. The van der Waals surface area contributed by atoms with Crippen molar-refractivity contribution in [2.24, 2.45) is 0 Å². The minimum atomic E-state index is -1.07. The highest BCUT2D eigenvalue weighted by Gasteiger charge is 2.11. The van der Waals surface area contributed by atoms with Gasteiger partial charge in [-0.2, -0.15) is 0 Å². The van der Waals surface area contributed by atoms with E-state index in [4.69, 9.17) is 5.11 Å². The van der Waals surface area contributed by atoms with Crippen LogP contribution in [0.15, 0.2) is 46.9 Å². The maximum Gasteiger partial charge on any atom is 0.335 e. The molecule has 2 N–H and O–H groups in total. The number of carboxylic acids is 1. The van der Waals surface area contributed by atoms with Gasteiger partial charge in [-0.3, -0.25) is 0 Å². The van der Waals surface area contributed by atoms with Gasteiger partial charge in [-0.05, 0) is 49.2 Å². The number of aromatic carboxylic acids is 1. The van der Waals surface area contributed by atoms with Gasteiger partial charge in [0.05, 0.1) is 11.3 Å². The largest absolute Gasteiger partial charge is 0.478 e. The molecule has 0 aliphatic carbocycles. The number of hydrogen-bond acceptors (Lipinski definition) is 2. The van der Waals surface area contributed by atoms with Gasteiger partial charge in [0, 0.05) is 10.5 Å². The van der Waals surface area contributed by atoms with Crippen LogP contribution >= 0.6 is 15.9 Å². The summed E-state index contributed by atoms with van der Waals surface area (Å²) in [4.78, 5) is 10.9. The molecule has 3 nitrogen and oxygen atoms in total. The number of anilines is 1. The Kier molecular flexibility index (Phi) is 4.96. The molecular weight excluding hydrogens is 337 g/mol. The van der Waals surface area contributed by atoms with Crippen LogP contribution in [0.3, 0.4) is 0 Å². The highest BCUT2D eigenvalue weighted by Crippen LogP contribution is 2.19. The molecule has 5 heteroatoms. The van der Waals surface area contributed by atoms with E-state index in [1.807, 2.05) is 31.2 Å². The summed E-state index contributed by atoms with van der Waals surface area (Å²) in [5.74, 6) is -1.53. The summed E-state index contributed by atoms with van der Waals surface area (Å²) in [7, 11) is 0. The molecule has 0 spiro atoms. The molecule has 1 unspecified atom stereocenters. The first kappa shape index (κ1) is 15.5. The number of halogens is 2. The van der Waals surface area contributed by atoms with E-state index in [0.29, 0.717) is 6.42 Å². The zero-order valence-electron chi connectivity index (χ0n) is 11.4. The Morgan fingerprint density at radius 3 is 2.57 bits per heavy atom. The van der Waals surface area contributed by atoms with E-state index in [2.05, 4.69) is 21.2 Å². The summed E-state index contributed by atoms with van der Waals surface area (Å²) in [6.45, 7) is 1.93. The topological polar surface area (TPSA) is 49.3 Å². The lowest BCUT2D eigenvalue weighted by atomic mass is 10.1. The fraction of sp³-hybridized carbons (Fsp3) is 0.188. The van der Waals surface area contributed by atoms with Crippen LogP contribution in [0.25, 0.3) is 0 Å². The smallest absolute Gasteiger partial charge is 0.335 e. The zero-order chi connectivity index (χ0) is 15.4. The summed E-state index contributed by atoms with van der Waals surface area (Å²) in [5, 5.41) is 12.0. The predicted octanol–water partition coefficient (Wildman–Crippen LogP) is 4.33. The van der Waals surface area contributed by atoms with E-state index in [9.17, 15) is 9.18 Å². The van der Waals surface area contributed by atoms with Crippen molar-refractivity contribution < 1.29 is 14.3 Å². The highest BCUT2D eigenvalue weighted by atomic mass is 79.9. The van der Waals surface area contributed by atoms with E-state index in [0.717, 1.165) is 16.1 Å². The summed E-state index contributed by atoms with van der Waals surface area (Å²) >= 11 is 3.38. The van der Waals surface area contributed by atoms with Gasteiger partial charge in [0.1, 0.15) is 5.82 Å². The quantitative estimate of drug-likeness (QED) is 0.842. The van der Waals surface area contributed by atoms with Crippen molar-refractivity contribution in [3.63, 3.8) is 0 Å². The molecule has 0 aromatic heterocycles.